The van der Waals surface area contributed by atoms with Gasteiger partial charge in [-0.2, -0.15) is 0 Å². The number of nitro benzene ring substituents is 1. The number of benzene rings is 1. The number of nitrogens with zero attached hydrogens (tertiary/aromatic N) is 1. The molecule has 1 aromatic carbocycles. The van der Waals surface area contributed by atoms with Crippen LogP contribution in [0.15, 0.2) is 24.3 Å². The maximum Gasteiger partial charge on any atom is 0.269 e. The first kappa shape index (κ1) is 11.0. The average Bonchev–Trinajstić information content (AvgIpc) is 2.29. The molecule has 5 nitrogen and oxygen atoms in total. The molecule has 0 radical (unpaired) electrons. The maximum absolute atomic E-state index is 10.5. The summed E-state index contributed by atoms with van der Waals surface area (Å²) in [5.74, 6) is 0. The van der Waals surface area contributed by atoms with Gasteiger partial charge >= 0.3 is 0 Å². The minimum atomic E-state index is -0.401. The van der Waals surface area contributed by atoms with E-state index in [4.69, 9.17) is 4.74 Å². The first-order chi connectivity index (χ1) is 7.66. The van der Waals surface area contributed by atoms with Crippen molar-refractivity contribution in [1.82, 2.24) is 5.32 Å². The molecular formula is C11H14N2O3. The van der Waals surface area contributed by atoms with Gasteiger partial charge in [-0.25, -0.2) is 0 Å². The highest BCUT2D eigenvalue weighted by atomic mass is 16.6. The van der Waals surface area contributed by atoms with Crippen LogP contribution in [-0.4, -0.2) is 17.6 Å². The molecule has 0 aliphatic carbocycles. The fourth-order valence-corrected chi connectivity index (χ4v) is 1.72. The lowest BCUT2D eigenvalue weighted by atomic mass is 10.1. The molecule has 1 N–H and O–H groups in total. The Morgan fingerprint density at radius 1 is 1.44 bits per heavy atom. The van der Waals surface area contributed by atoms with E-state index in [1.807, 2.05) is 0 Å². The summed E-state index contributed by atoms with van der Waals surface area (Å²) in [7, 11) is 0. The third-order valence-corrected chi connectivity index (χ3v) is 2.68. The summed E-state index contributed by atoms with van der Waals surface area (Å²) in [6, 6.07) is 6.87. The van der Waals surface area contributed by atoms with Gasteiger partial charge in [-0.05, 0) is 31.0 Å². The van der Waals surface area contributed by atoms with E-state index in [-0.39, 0.29) is 11.9 Å². The molecule has 0 aromatic heterocycles. The zero-order valence-corrected chi connectivity index (χ0v) is 9.05. The van der Waals surface area contributed by atoms with Crippen LogP contribution in [0.3, 0.4) is 0 Å². The second-order valence-electron chi connectivity index (χ2n) is 3.96. The van der Waals surface area contributed by atoms with Gasteiger partial charge in [0.1, 0.15) is 6.23 Å². The van der Waals surface area contributed by atoms with E-state index in [1.54, 1.807) is 12.1 Å². The van der Waals surface area contributed by atoms with Crippen molar-refractivity contribution >= 4 is 5.69 Å². The maximum atomic E-state index is 10.5. The number of nitrogens with one attached hydrogen (secondary N) is 1. The lowest BCUT2D eigenvalue weighted by Gasteiger charge is -2.29. The number of ether oxygens (including phenoxy) is 1. The van der Waals surface area contributed by atoms with Crippen molar-refractivity contribution in [3.8, 4) is 0 Å². The number of non-ortho nitro benzene ring substituents is 1. The third-order valence-electron chi connectivity index (χ3n) is 2.68. The van der Waals surface area contributed by atoms with Crippen LogP contribution in [0.1, 0.15) is 25.1 Å². The van der Waals surface area contributed by atoms with E-state index in [2.05, 4.69) is 12.2 Å². The topological polar surface area (TPSA) is 64.4 Å². The second-order valence-corrected chi connectivity index (χ2v) is 3.96. The Morgan fingerprint density at radius 3 is 2.69 bits per heavy atom. The Labute approximate surface area is 93.6 Å². The SMILES string of the molecule is C[C@H]1CCO[C@H](c2ccc([N+](=O)[O-])cc2)N1. The van der Waals surface area contributed by atoms with E-state index in [0.29, 0.717) is 6.04 Å². The molecule has 1 aromatic rings. The fraction of sp³-hybridized carbons (Fsp3) is 0.455. The molecule has 0 unspecified atom stereocenters. The highest BCUT2D eigenvalue weighted by Crippen LogP contribution is 2.22. The highest BCUT2D eigenvalue weighted by molar-refractivity contribution is 5.33. The summed E-state index contributed by atoms with van der Waals surface area (Å²) in [5, 5.41) is 13.8. The summed E-state index contributed by atoms with van der Waals surface area (Å²) in [5.41, 5.74) is 1.03. The Morgan fingerprint density at radius 2 is 2.12 bits per heavy atom. The molecule has 2 rings (SSSR count). The molecule has 16 heavy (non-hydrogen) atoms. The van der Waals surface area contributed by atoms with Crippen molar-refractivity contribution in [3.05, 3.63) is 39.9 Å². The quantitative estimate of drug-likeness (QED) is 0.614. The highest BCUT2D eigenvalue weighted by Gasteiger charge is 2.20. The minimum absolute atomic E-state index is 0.104. The fourth-order valence-electron chi connectivity index (χ4n) is 1.72. The molecule has 1 saturated heterocycles. The van der Waals surface area contributed by atoms with Gasteiger partial charge in [-0.3, -0.25) is 15.4 Å². The number of hydrogen-bond donors (Lipinski definition) is 1. The molecular weight excluding hydrogens is 208 g/mol. The van der Waals surface area contributed by atoms with Gasteiger partial charge in [-0.1, -0.05) is 0 Å². The van der Waals surface area contributed by atoms with Crippen molar-refractivity contribution in [2.24, 2.45) is 0 Å². The van der Waals surface area contributed by atoms with Gasteiger partial charge < -0.3 is 4.74 Å². The predicted molar refractivity (Wildman–Crippen MR) is 59.0 cm³/mol. The minimum Gasteiger partial charge on any atom is -0.359 e. The number of hydrogen-bond acceptors (Lipinski definition) is 4. The molecule has 5 heteroatoms. The van der Waals surface area contributed by atoms with Gasteiger partial charge in [0.25, 0.3) is 5.69 Å². The lowest BCUT2D eigenvalue weighted by Crippen LogP contribution is -2.38. The molecule has 1 fully saturated rings. The largest absolute Gasteiger partial charge is 0.359 e. The number of nitro groups is 1. The van der Waals surface area contributed by atoms with Crippen LogP contribution in [0, 0.1) is 10.1 Å². The summed E-state index contributed by atoms with van der Waals surface area (Å²) in [6.45, 7) is 2.82. The molecule has 0 spiro atoms. The summed E-state index contributed by atoms with van der Waals surface area (Å²) < 4.78 is 5.55. The first-order valence-electron chi connectivity index (χ1n) is 5.29. The van der Waals surface area contributed by atoms with Gasteiger partial charge in [-0.15, -0.1) is 0 Å². The molecule has 0 saturated carbocycles. The van der Waals surface area contributed by atoms with Crippen LogP contribution >= 0.6 is 0 Å². The summed E-state index contributed by atoms with van der Waals surface area (Å²) in [6.07, 6.45) is 0.841. The predicted octanol–water partition coefficient (Wildman–Crippen LogP) is 1.99. The van der Waals surface area contributed by atoms with Gasteiger partial charge in [0.15, 0.2) is 0 Å². The zero-order chi connectivity index (χ0) is 11.5. The van der Waals surface area contributed by atoms with Crippen molar-refractivity contribution in [2.75, 3.05) is 6.61 Å². The Kier molecular flexibility index (Phi) is 3.17. The van der Waals surface area contributed by atoms with E-state index >= 15 is 0 Å². The first-order valence-corrected chi connectivity index (χ1v) is 5.29. The van der Waals surface area contributed by atoms with Crippen LogP contribution in [-0.2, 0) is 4.74 Å². The Bertz CT molecular complexity index is 377. The summed E-state index contributed by atoms with van der Waals surface area (Å²) >= 11 is 0. The normalized spacial score (nSPS) is 25.3. The van der Waals surface area contributed by atoms with Crippen molar-refractivity contribution in [3.63, 3.8) is 0 Å². The summed E-state index contributed by atoms with van der Waals surface area (Å²) in [4.78, 5) is 10.1. The second kappa shape index (κ2) is 4.59. The monoisotopic (exact) mass is 222 g/mol. The lowest BCUT2D eigenvalue weighted by molar-refractivity contribution is -0.384. The zero-order valence-electron chi connectivity index (χ0n) is 9.05. The van der Waals surface area contributed by atoms with Crippen molar-refractivity contribution in [2.45, 2.75) is 25.6 Å². The van der Waals surface area contributed by atoms with E-state index in [1.165, 1.54) is 12.1 Å². The van der Waals surface area contributed by atoms with Crippen LogP contribution in [0.5, 0.6) is 0 Å². The third kappa shape index (κ3) is 2.37. The Hall–Kier alpha value is -1.46. The van der Waals surface area contributed by atoms with Crippen molar-refractivity contribution < 1.29 is 9.66 Å². The molecule has 1 aliphatic rings. The molecule has 86 valence electrons. The molecule has 0 amide bonds. The van der Waals surface area contributed by atoms with Crippen molar-refractivity contribution in [1.29, 1.82) is 0 Å². The van der Waals surface area contributed by atoms with Gasteiger partial charge in [0, 0.05) is 18.2 Å². The standard InChI is InChI=1S/C11H14N2O3/c1-8-6-7-16-11(12-8)9-2-4-10(5-3-9)13(14)15/h2-5,8,11-12H,6-7H2,1H3/t8-,11+/m0/s1. The molecule has 0 bridgehead atoms. The molecule has 1 aliphatic heterocycles. The van der Waals surface area contributed by atoms with Gasteiger partial charge in [0.2, 0.25) is 0 Å². The average molecular weight is 222 g/mol. The van der Waals surface area contributed by atoms with Crippen LogP contribution in [0.2, 0.25) is 0 Å². The van der Waals surface area contributed by atoms with Crippen LogP contribution in [0.25, 0.3) is 0 Å². The number of rotatable bonds is 2. The Balaban J connectivity index is 2.11. The molecule has 2 atom stereocenters. The van der Waals surface area contributed by atoms with Crippen LogP contribution < -0.4 is 5.32 Å². The van der Waals surface area contributed by atoms with Crippen LogP contribution in [0.4, 0.5) is 5.69 Å². The molecule has 1 heterocycles. The smallest absolute Gasteiger partial charge is 0.269 e. The van der Waals surface area contributed by atoms with E-state index < -0.39 is 4.92 Å². The van der Waals surface area contributed by atoms with E-state index in [0.717, 1.165) is 18.6 Å². The van der Waals surface area contributed by atoms with E-state index in [9.17, 15) is 10.1 Å². The van der Waals surface area contributed by atoms with Gasteiger partial charge in [0.05, 0.1) is 11.5 Å².